The number of nitrogens with zero attached hydrogens (tertiary/aromatic N) is 1. The fourth-order valence-electron chi connectivity index (χ4n) is 1.80. The number of hydrogen-bond acceptors (Lipinski definition) is 1. The molecule has 0 atom stereocenters. The van der Waals surface area contributed by atoms with Crippen LogP contribution in [0.4, 0.5) is 4.39 Å². The van der Waals surface area contributed by atoms with Crippen molar-refractivity contribution in [2.75, 3.05) is 0 Å². The molecule has 1 aromatic heterocycles. The minimum Gasteiger partial charge on any atom is -0.481 e. The zero-order valence-corrected chi connectivity index (χ0v) is 8.20. The second kappa shape index (κ2) is 3.38. The van der Waals surface area contributed by atoms with E-state index in [0.717, 1.165) is 0 Å². The smallest absolute Gasteiger partial charge is 0.307 e. The summed E-state index contributed by atoms with van der Waals surface area (Å²) in [6, 6.07) is 4.69. The summed E-state index contributed by atoms with van der Waals surface area (Å²) in [7, 11) is 1.71. The summed E-state index contributed by atoms with van der Waals surface area (Å²) in [6.07, 6.45) is 1.57. The van der Waals surface area contributed by atoms with Gasteiger partial charge in [-0.05, 0) is 11.6 Å². The van der Waals surface area contributed by atoms with E-state index < -0.39 is 5.97 Å². The number of rotatable bonds is 2. The Hall–Kier alpha value is -1.84. The van der Waals surface area contributed by atoms with Gasteiger partial charge in [-0.1, -0.05) is 12.1 Å². The van der Waals surface area contributed by atoms with Crippen molar-refractivity contribution in [3.8, 4) is 0 Å². The molecule has 0 aliphatic carbocycles. The van der Waals surface area contributed by atoms with Gasteiger partial charge in [-0.2, -0.15) is 0 Å². The molecule has 0 spiro atoms. The Labute approximate surface area is 85.7 Å². The zero-order valence-electron chi connectivity index (χ0n) is 8.20. The predicted octanol–water partition coefficient (Wildman–Crippen LogP) is 1.94. The second-order valence-electron chi connectivity index (χ2n) is 3.47. The fraction of sp³-hybridized carbons (Fsp3) is 0.182. The lowest BCUT2D eigenvalue weighted by atomic mass is 10.1. The number of benzene rings is 1. The SMILES string of the molecule is Cn1cc(CC(=O)O)c2cccc(F)c21. The standard InChI is InChI=1S/C11H10FNO2/c1-13-6-7(5-10(14)15)8-3-2-4-9(12)11(8)13/h2-4,6H,5H2,1H3,(H,14,15). The summed E-state index contributed by atoms with van der Waals surface area (Å²) in [6.45, 7) is 0. The Morgan fingerprint density at radius 1 is 1.53 bits per heavy atom. The number of hydrogen-bond donors (Lipinski definition) is 1. The Bertz CT molecular complexity index is 531. The van der Waals surface area contributed by atoms with E-state index in [9.17, 15) is 9.18 Å². The van der Waals surface area contributed by atoms with Gasteiger partial charge in [-0.25, -0.2) is 4.39 Å². The molecule has 0 radical (unpaired) electrons. The molecule has 1 N–H and O–H groups in total. The van der Waals surface area contributed by atoms with E-state index in [0.29, 0.717) is 16.5 Å². The fourth-order valence-corrected chi connectivity index (χ4v) is 1.80. The third kappa shape index (κ3) is 1.58. The van der Waals surface area contributed by atoms with Crippen LogP contribution in [0, 0.1) is 5.82 Å². The maximum atomic E-state index is 13.4. The van der Waals surface area contributed by atoms with Crippen molar-refractivity contribution in [2.24, 2.45) is 7.05 Å². The molecule has 4 heteroatoms. The highest BCUT2D eigenvalue weighted by molar-refractivity contribution is 5.87. The molecule has 3 nitrogen and oxygen atoms in total. The number of para-hydroxylation sites is 1. The molecule has 0 aliphatic rings. The number of carboxylic acid groups (broad SMARTS) is 1. The first-order chi connectivity index (χ1) is 7.09. The third-order valence-electron chi connectivity index (χ3n) is 2.38. The number of aliphatic carboxylic acids is 1. The second-order valence-corrected chi connectivity index (χ2v) is 3.47. The lowest BCUT2D eigenvalue weighted by Gasteiger charge is -1.96. The Balaban J connectivity index is 2.68. The Kier molecular flexibility index (Phi) is 2.19. The first-order valence-corrected chi connectivity index (χ1v) is 4.54. The van der Waals surface area contributed by atoms with Crippen LogP contribution in [0.3, 0.4) is 0 Å². The average Bonchev–Trinajstić information content (AvgIpc) is 2.44. The van der Waals surface area contributed by atoms with Crippen molar-refractivity contribution < 1.29 is 14.3 Å². The summed E-state index contributed by atoms with van der Waals surface area (Å²) >= 11 is 0. The van der Waals surface area contributed by atoms with Crippen LogP contribution >= 0.6 is 0 Å². The molecule has 78 valence electrons. The Morgan fingerprint density at radius 3 is 2.93 bits per heavy atom. The van der Waals surface area contributed by atoms with E-state index >= 15 is 0 Å². The summed E-state index contributed by atoms with van der Waals surface area (Å²) in [5.41, 5.74) is 1.09. The maximum Gasteiger partial charge on any atom is 0.307 e. The number of aryl methyl sites for hydroxylation is 1. The molecule has 0 saturated carbocycles. The average molecular weight is 207 g/mol. The number of carbonyl (C=O) groups is 1. The summed E-state index contributed by atoms with van der Waals surface area (Å²) in [5.74, 6) is -1.24. The van der Waals surface area contributed by atoms with Crippen LogP contribution in [-0.4, -0.2) is 15.6 Å². The summed E-state index contributed by atoms with van der Waals surface area (Å²) in [4.78, 5) is 10.6. The predicted molar refractivity (Wildman–Crippen MR) is 54.2 cm³/mol. The van der Waals surface area contributed by atoms with Crippen LogP contribution in [0.2, 0.25) is 0 Å². The van der Waals surface area contributed by atoms with Gasteiger partial charge in [0.05, 0.1) is 11.9 Å². The van der Waals surface area contributed by atoms with Crippen molar-refractivity contribution in [3.05, 3.63) is 35.8 Å². The van der Waals surface area contributed by atoms with Crippen molar-refractivity contribution >= 4 is 16.9 Å². The van der Waals surface area contributed by atoms with E-state index in [-0.39, 0.29) is 12.2 Å². The maximum absolute atomic E-state index is 13.4. The molecule has 0 amide bonds. The van der Waals surface area contributed by atoms with Crippen LogP contribution in [0.1, 0.15) is 5.56 Å². The van der Waals surface area contributed by atoms with Crippen molar-refractivity contribution in [2.45, 2.75) is 6.42 Å². The third-order valence-corrected chi connectivity index (χ3v) is 2.38. The Morgan fingerprint density at radius 2 is 2.27 bits per heavy atom. The van der Waals surface area contributed by atoms with Gasteiger partial charge in [-0.15, -0.1) is 0 Å². The van der Waals surface area contributed by atoms with Gasteiger partial charge in [0.2, 0.25) is 0 Å². The van der Waals surface area contributed by atoms with E-state index in [1.165, 1.54) is 6.07 Å². The van der Waals surface area contributed by atoms with Gasteiger partial charge in [0.15, 0.2) is 0 Å². The summed E-state index contributed by atoms with van der Waals surface area (Å²) < 4.78 is 15.0. The number of carboxylic acids is 1. The molecule has 2 rings (SSSR count). The highest BCUT2D eigenvalue weighted by Crippen LogP contribution is 2.23. The van der Waals surface area contributed by atoms with Crippen LogP contribution in [0.15, 0.2) is 24.4 Å². The zero-order chi connectivity index (χ0) is 11.0. The normalized spacial score (nSPS) is 10.8. The molecule has 0 unspecified atom stereocenters. The number of aromatic nitrogens is 1. The molecular weight excluding hydrogens is 197 g/mol. The number of halogens is 1. The number of fused-ring (bicyclic) bond motifs is 1. The van der Waals surface area contributed by atoms with Gasteiger partial charge >= 0.3 is 5.97 Å². The molecule has 2 aromatic rings. The van der Waals surface area contributed by atoms with Gasteiger partial charge in [-0.3, -0.25) is 4.79 Å². The minimum absolute atomic E-state index is 0.0825. The van der Waals surface area contributed by atoms with Crippen LogP contribution in [-0.2, 0) is 18.3 Å². The highest BCUT2D eigenvalue weighted by Gasteiger charge is 2.12. The quantitative estimate of drug-likeness (QED) is 0.817. The van der Waals surface area contributed by atoms with Gasteiger partial charge in [0, 0.05) is 18.6 Å². The van der Waals surface area contributed by atoms with Gasteiger partial charge < -0.3 is 9.67 Å². The minimum atomic E-state index is -0.910. The van der Waals surface area contributed by atoms with Gasteiger partial charge in [0.25, 0.3) is 0 Å². The lowest BCUT2D eigenvalue weighted by Crippen LogP contribution is -1.98. The lowest BCUT2D eigenvalue weighted by molar-refractivity contribution is -0.136. The molecular formula is C11H10FNO2. The monoisotopic (exact) mass is 207 g/mol. The van der Waals surface area contributed by atoms with E-state index in [1.54, 1.807) is 29.9 Å². The topological polar surface area (TPSA) is 42.2 Å². The molecule has 0 saturated heterocycles. The van der Waals surface area contributed by atoms with Crippen molar-refractivity contribution in [3.63, 3.8) is 0 Å². The van der Waals surface area contributed by atoms with E-state index in [2.05, 4.69) is 0 Å². The van der Waals surface area contributed by atoms with Crippen molar-refractivity contribution in [1.82, 2.24) is 4.57 Å². The first-order valence-electron chi connectivity index (χ1n) is 4.54. The summed E-state index contributed by atoms with van der Waals surface area (Å²) in [5, 5.41) is 9.37. The van der Waals surface area contributed by atoms with E-state index in [1.807, 2.05) is 0 Å². The van der Waals surface area contributed by atoms with Crippen LogP contribution in [0.5, 0.6) is 0 Å². The molecule has 15 heavy (non-hydrogen) atoms. The van der Waals surface area contributed by atoms with Crippen LogP contribution in [0.25, 0.3) is 10.9 Å². The molecule has 0 fully saturated rings. The van der Waals surface area contributed by atoms with Crippen LogP contribution < -0.4 is 0 Å². The molecule has 1 heterocycles. The van der Waals surface area contributed by atoms with E-state index in [4.69, 9.17) is 5.11 Å². The largest absolute Gasteiger partial charge is 0.481 e. The molecule has 0 bridgehead atoms. The molecule has 1 aromatic carbocycles. The first kappa shape index (κ1) is 9.71. The van der Waals surface area contributed by atoms with Gasteiger partial charge in [0.1, 0.15) is 5.82 Å². The molecule has 0 aliphatic heterocycles. The highest BCUT2D eigenvalue weighted by atomic mass is 19.1. The van der Waals surface area contributed by atoms with Crippen molar-refractivity contribution in [1.29, 1.82) is 0 Å².